The number of carbonyl (C=O) groups excluding carboxylic acids is 2. The Morgan fingerprint density at radius 3 is 2.43 bits per heavy atom. The third-order valence-electron chi connectivity index (χ3n) is 8.06. The minimum atomic E-state index is -1.26. The Hall–Kier alpha value is -4.28. The number of fused-ring (bicyclic) bond motifs is 1. The lowest BCUT2D eigenvalue weighted by Crippen LogP contribution is -2.48. The minimum absolute atomic E-state index is 0.00949. The molecule has 0 saturated carbocycles. The summed E-state index contributed by atoms with van der Waals surface area (Å²) in [4.78, 5) is 37.6. The Morgan fingerprint density at radius 1 is 1.00 bits per heavy atom. The summed E-state index contributed by atoms with van der Waals surface area (Å²) in [5.41, 5.74) is 4.28. The van der Waals surface area contributed by atoms with E-state index in [0.29, 0.717) is 16.7 Å². The van der Waals surface area contributed by atoms with Crippen molar-refractivity contribution in [3.05, 3.63) is 94.7 Å². The molecule has 0 unspecified atom stereocenters. The number of aromatic hydroxyl groups is 1. The highest BCUT2D eigenvalue weighted by molar-refractivity contribution is 7.13. The molecule has 8 nitrogen and oxygen atoms in total. The number of nitrogens with one attached hydrogen (secondary N) is 1. The Labute approximate surface area is 248 Å². The number of nitrogens with zero attached hydrogens (tertiary/aromatic N) is 4. The summed E-state index contributed by atoms with van der Waals surface area (Å²) in [5, 5.41) is 15.3. The second kappa shape index (κ2) is 11.5. The normalized spacial score (nSPS) is 16.1. The van der Waals surface area contributed by atoms with E-state index in [1.54, 1.807) is 11.6 Å². The summed E-state index contributed by atoms with van der Waals surface area (Å²) < 4.78 is 14.3. The SMILES string of the molecule is CC(C)N1CCN(c2ccc(-c3ccc4c(c3)C(=O)N([C@@H](C(=O)Nc3nccs3)c3cc(F)ccc3O)C4)cc2)CC1. The number of piperazine rings is 1. The van der Waals surface area contributed by atoms with Crippen LogP contribution in [0.1, 0.15) is 41.4 Å². The topological polar surface area (TPSA) is 89.0 Å². The zero-order valence-corrected chi connectivity index (χ0v) is 24.3. The van der Waals surface area contributed by atoms with Crippen molar-refractivity contribution in [3.8, 4) is 16.9 Å². The molecule has 1 saturated heterocycles. The van der Waals surface area contributed by atoms with Gasteiger partial charge in [-0.15, -0.1) is 11.3 Å². The van der Waals surface area contributed by atoms with Crippen molar-refractivity contribution in [2.45, 2.75) is 32.5 Å². The summed E-state index contributed by atoms with van der Waals surface area (Å²) in [6.45, 7) is 8.65. The molecule has 0 spiro atoms. The largest absolute Gasteiger partial charge is 0.508 e. The van der Waals surface area contributed by atoms with Gasteiger partial charge in [-0.2, -0.15) is 0 Å². The van der Waals surface area contributed by atoms with Crippen molar-refractivity contribution in [1.29, 1.82) is 0 Å². The van der Waals surface area contributed by atoms with E-state index >= 15 is 0 Å². The van der Waals surface area contributed by atoms with E-state index in [9.17, 15) is 19.1 Å². The molecule has 2 amide bonds. The number of anilines is 2. The van der Waals surface area contributed by atoms with Crippen LogP contribution >= 0.6 is 11.3 Å². The monoisotopic (exact) mass is 585 g/mol. The predicted molar refractivity (Wildman–Crippen MR) is 162 cm³/mol. The summed E-state index contributed by atoms with van der Waals surface area (Å²) in [5.74, 6) is -1.84. The van der Waals surface area contributed by atoms with Crippen molar-refractivity contribution in [2.75, 3.05) is 36.4 Å². The molecule has 3 aromatic carbocycles. The molecule has 4 aromatic rings. The summed E-state index contributed by atoms with van der Waals surface area (Å²) >= 11 is 1.22. The Bertz CT molecular complexity index is 1600. The van der Waals surface area contributed by atoms with Crippen LogP contribution in [0.4, 0.5) is 15.2 Å². The molecule has 2 N–H and O–H groups in total. The number of phenols is 1. The highest BCUT2D eigenvalue weighted by Crippen LogP contribution is 2.38. The van der Waals surface area contributed by atoms with Crippen LogP contribution in [0, 0.1) is 5.82 Å². The van der Waals surface area contributed by atoms with Crippen molar-refractivity contribution in [2.24, 2.45) is 0 Å². The van der Waals surface area contributed by atoms with E-state index in [1.807, 2.05) is 18.2 Å². The van der Waals surface area contributed by atoms with Gasteiger partial charge in [0.25, 0.3) is 11.8 Å². The van der Waals surface area contributed by atoms with Crippen LogP contribution in [-0.4, -0.2) is 63.9 Å². The maximum Gasteiger partial charge on any atom is 0.255 e. The third-order valence-corrected chi connectivity index (χ3v) is 8.75. The molecule has 216 valence electrons. The highest BCUT2D eigenvalue weighted by atomic mass is 32.1. The molecular formula is C32H32FN5O3S. The van der Waals surface area contributed by atoms with E-state index in [0.717, 1.165) is 55.0 Å². The standard InChI is InChI=1S/C32H32FN5O3S/c1-20(2)36-12-14-37(15-13-36)25-8-5-21(6-9-25)22-3-4-23-19-38(31(41)26(23)17-22)29(27-18-24(33)7-10-28(27)39)30(40)35-32-34-11-16-42-32/h3-11,16-18,20,29,39H,12-15,19H2,1-2H3,(H,34,35,40)/t29-/m1/s1. The zero-order chi connectivity index (χ0) is 29.4. The van der Waals surface area contributed by atoms with Gasteiger partial charge in [0.1, 0.15) is 17.6 Å². The average molecular weight is 586 g/mol. The molecule has 6 rings (SSSR count). The first-order valence-electron chi connectivity index (χ1n) is 14.0. The minimum Gasteiger partial charge on any atom is -0.508 e. The number of thiazole rings is 1. The fourth-order valence-corrected chi connectivity index (χ4v) is 6.26. The lowest BCUT2D eigenvalue weighted by atomic mass is 10.00. The fraction of sp³-hybridized carbons (Fsp3) is 0.281. The maximum atomic E-state index is 14.3. The first-order valence-corrected chi connectivity index (χ1v) is 14.9. The van der Waals surface area contributed by atoms with E-state index in [1.165, 1.54) is 28.0 Å². The van der Waals surface area contributed by atoms with Crippen LogP contribution in [0.2, 0.25) is 0 Å². The fourth-order valence-electron chi connectivity index (χ4n) is 5.73. The van der Waals surface area contributed by atoms with Gasteiger partial charge in [-0.25, -0.2) is 9.37 Å². The van der Waals surface area contributed by atoms with Crippen LogP contribution in [0.5, 0.6) is 5.75 Å². The number of hydrogen-bond donors (Lipinski definition) is 2. The molecule has 1 atom stereocenters. The third kappa shape index (κ3) is 5.47. The number of rotatable bonds is 7. The van der Waals surface area contributed by atoms with E-state index in [4.69, 9.17) is 0 Å². The van der Waals surface area contributed by atoms with Gasteiger partial charge in [0.2, 0.25) is 0 Å². The number of amides is 2. The van der Waals surface area contributed by atoms with Gasteiger partial charge in [-0.3, -0.25) is 19.8 Å². The Kier molecular flexibility index (Phi) is 7.66. The molecular weight excluding hydrogens is 553 g/mol. The van der Waals surface area contributed by atoms with Gasteiger partial charge >= 0.3 is 0 Å². The maximum absolute atomic E-state index is 14.3. The quantitative estimate of drug-likeness (QED) is 0.297. The number of hydrogen-bond acceptors (Lipinski definition) is 7. The molecule has 1 fully saturated rings. The van der Waals surface area contributed by atoms with Gasteiger partial charge in [0.05, 0.1) is 0 Å². The van der Waals surface area contributed by atoms with Crippen LogP contribution in [-0.2, 0) is 11.3 Å². The molecule has 1 aromatic heterocycles. The first-order chi connectivity index (χ1) is 20.3. The van der Waals surface area contributed by atoms with Crippen molar-refractivity contribution < 1.29 is 19.1 Å². The van der Waals surface area contributed by atoms with Crippen molar-refractivity contribution >= 4 is 34.0 Å². The van der Waals surface area contributed by atoms with Gasteiger partial charge in [-0.1, -0.05) is 24.3 Å². The van der Waals surface area contributed by atoms with Gasteiger partial charge < -0.3 is 14.9 Å². The van der Waals surface area contributed by atoms with E-state index in [-0.39, 0.29) is 23.8 Å². The van der Waals surface area contributed by atoms with Gasteiger partial charge in [0, 0.05) is 67.2 Å². The number of benzene rings is 3. The second-order valence-electron chi connectivity index (χ2n) is 10.9. The molecule has 42 heavy (non-hydrogen) atoms. The summed E-state index contributed by atoms with van der Waals surface area (Å²) in [7, 11) is 0. The number of carbonyl (C=O) groups is 2. The van der Waals surface area contributed by atoms with Crippen LogP contribution in [0.3, 0.4) is 0 Å². The summed E-state index contributed by atoms with van der Waals surface area (Å²) in [6.07, 6.45) is 1.55. The zero-order valence-electron chi connectivity index (χ0n) is 23.5. The van der Waals surface area contributed by atoms with Crippen LogP contribution in [0.25, 0.3) is 11.1 Å². The molecule has 2 aliphatic rings. The molecule has 0 aliphatic carbocycles. The number of aromatic nitrogens is 1. The number of halogens is 1. The lowest BCUT2D eigenvalue weighted by molar-refractivity contribution is -0.120. The van der Waals surface area contributed by atoms with Crippen LogP contribution < -0.4 is 10.2 Å². The average Bonchev–Trinajstić information content (AvgIpc) is 3.62. The van der Waals surface area contributed by atoms with Gasteiger partial charge in [-0.05, 0) is 66.9 Å². The predicted octanol–water partition coefficient (Wildman–Crippen LogP) is 5.52. The molecule has 2 aliphatic heterocycles. The molecule has 0 radical (unpaired) electrons. The Balaban J connectivity index is 1.24. The highest BCUT2D eigenvalue weighted by Gasteiger charge is 2.39. The van der Waals surface area contributed by atoms with Crippen LogP contribution in [0.15, 0.2) is 72.2 Å². The van der Waals surface area contributed by atoms with E-state index < -0.39 is 17.8 Å². The molecule has 10 heteroatoms. The molecule has 0 bridgehead atoms. The van der Waals surface area contributed by atoms with Crippen molar-refractivity contribution in [1.82, 2.24) is 14.8 Å². The summed E-state index contributed by atoms with van der Waals surface area (Å²) in [6, 6.07) is 16.8. The van der Waals surface area contributed by atoms with E-state index in [2.05, 4.69) is 58.2 Å². The van der Waals surface area contributed by atoms with Gasteiger partial charge in [0.15, 0.2) is 5.13 Å². The molecule has 3 heterocycles. The second-order valence-corrected chi connectivity index (χ2v) is 11.8. The first kappa shape index (κ1) is 27.9. The van der Waals surface area contributed by atoms with Crippen molar-refractivity contribution in [3.63, 3.8) is 0 Å². The number of phenolic OH excluding ortho intramolecular Hbond substituents is 1. The Morgan fingerprint density at radius 2 is 1.74 bits per heavy atom. The smallest absolute Gasteiger partial charge is 0.255 e. The lowest BCUT2D eigenvalue weighted by Gasteiger charge is -2.38.